The van der Waals surface area contributed by atoms with Gasteiger partial charge in [-0.15, -0.1) is 0 Å². The summed E-state index contributed by atoms with van der Waals surface area (Å²) in [7, 11) is 0. The molecule has 6 nitrogen and oxygen atoms in total. The molecule has 0 radical (unpaired) electrons. The summed E-state index contributed by atoms with van der Waals surface area (Å²) in [6.45, 7) is 4.90. The van der Waals surface area contributed by atoms with E-state index >= 15 is 0 Å². The molecular weight excluding hydrogens is 258 g/mol. The van der Waals surface area contributed by atoms with Crippen molar-refractivity contribution in [3.63, 3.8) is 0 Å². The fraction of sp³-hybridized carbons (Fsp3) is 0.857. The minimum absolute atomic E-state index is 0.0682. The van der Waals surface area contributed by atoms with Gasteiger partial charge in [0.2, 0.25) is 11.8 Å². The molecule has 0 saturated carbocycles. The van der Waals surface area contributed by atoms with Crippen LogP contribution in [0, 0.1) is 5.41 Å². The lowest BCUT2D eigenvalue weighted by Crippen LogP contribution is -2.60. The number of carbonyl (C=O) groups is 2. The highest BCUT2D eigenvalue weighted by atomic mass is 16.5. The van der Waals surface area contributed by atoms with Gasteiger partial charge in [0.05, 0.1) is 18.6 Å². The number of piperidine rings is 1. The van der Waals surface area contributed by atoms with Crippen LogP contribution in [-0.2, 0) is 14.3 Å². The van der Waals surface area contributed by atoms with Gasteiger partial charge in [-0.05, 0) is 25.8 Å². The van der Waals surface area contributed by atoms with Gasteiger partial charge in [-0.1, -0.05) is 13.3 Å². The summed E-state index contributed by atoms with van der Waals surface area (Å²) in [5, 5.41) is 3.33. The zero-order valence-electron chi connectivity index (χ0n) is 12.2. The molecule has 0 spiro atoms. The van der Waals surface area contributed by atoms with Crippen LogP contribution in [0.5, 0.6) is 0 Å². The molecule has 2 unspecified atom stereocenters. The molecule has 2 amide bonds. The lowest BCUT2D eigenvalue weighted by Gasteiger charge is -2.43. The first kappa shape index (κ1) is 15.3. The zero-order valence-corrected chi connectivity index (χ0v) is 12.2. The molecule has 2 saturated heterocycles. The van der Waals surface area contributed by atoms with E-state index in [9.17, 15) is 9.59 Å². The van der Waals surface area contributed by atoms with E-state index < -0.39 is 11.9 Å². The third-order valence-electron chi connectivity index (χ3n) is 4.37. The largest absolute Gasteiger partial charge is 0.377 e. The van der Waals surface area contributed by atoms with Crippen LogP contribution in [0.15, 0.2) is 0 Å². The molecule has 2 aliphatic rings. The van der Waals surface area contributed by atoms with Crippen molar-refractivity contribution in [3.05, 3.63) is 0 Å². The lowest BCUT2D eigenvalue weighted by molar-refractivity contribution is -0.157. The number of nitrogens with two attached hydrogens (primary N) is 1. The Morgan fingerprint density at radius 3 is 2.90 bits per heavy atom. The third kappa shape index (κ3) is 2.96. The van der Waals surface area contributed by atoms with E-state index in [1.165, 1.54) is 0 Å². The predicted molar refractivity (Wildman–Crippen MR) is 75.0 cm³/mol. The van der Waals surface area contributed by atoms with Gasteiger partial charge >= 0.3 is 0 Å². The molecule has 20 heavy (non-hydrogen) atoms. The van der Waals surface area contributed by atoms with Crippen LogP contribution in [0.25, 0.3) is 0 Å². The Bertz CT molecular complexity index is 361. The van der Waals surface area contributed by atoms with Gasteiger partial charge in [0, 0.05) is 13.1 Å². The predicted octanol–water partition coefficient (Wildman–Crippen LogP) is -0.131. The van der Waals surface area contributed by atoms with Crippen LogP contribution in [0.4, 0.5) is 0 Å². The summed E-state index contributed by atoms with van der Waals surface area (Å²) in [6.07, 6.45) is 3.69. The van der Waals surface area contributed by atoms with E-state index in [0.29, 0.717) is 19.7 Å². The van der Waals surface area contributed by atoms with Crippen LogP contribution in [0.3, 0.4) is 0 Å². The first-order chi connectivity index (χ1) is 9.60. The first-order valence-corrected chi connectivity index (χ1v) is 7.49. The van der Waals surface area contributed by atoms with E-state index in [-0.39, 0.29) is 17.9 Å². The van der Waals surface area contributed by atoms with Crippen LogP contribution in [-0.4, -0.2) is 55.6 Å². The maximum Gasteiger partial charge on any atom is 0.242 e. The molecule has 2 heterocycles. The maximum atomic E-state index is 13.0. The molecule has 3 N–H and O–H groups in total. The second kappa shape index (κ2) is 6.54. The Labute approximate surface area is 120 Å². The number of ether oxygens (including phenoxy) is 1. The van der Waals surface area contributed by atoms with Crippen molar-refractivity contribution in [2.24, 2.45) is 11.1 Å². The van der Waals surface area contributed by atoms with Crippen molar-refractivity contribution >= 4 is 11.8 Å². The summed E-state index contributed by atoms with van der Waals surface area (Å²) in [5.41, 5.74) is 5.04. The Hall–Kier alpha value is -1.14. The van der Waals surface area contributed by atoms with Gasteiger partial charge in [0.25, 0.3) is 0 Å². The topological polar surface area (TPSA) is 84.7 Å². The number of amides is 2. The van der Waals surface area contributed by atoms with Gasteiger partial charge in [-0.3, -0.25) is 9.59 Å². The van der Waals surface area contributed by atoms with Gasteiger partial charge in [-0.2, -0.15) is 0 Å². The van der Waals surface area contributed by atoms with Gasteiger partial charge in [0.1, 0.15) is 6.04 Å². The van der Waals surface area contributed by atoms with Gasteiger partial charge < -0.3 is 20.7 Å². The number of carbonyl (C=O) groups excluding carboxylic acids is 2. The van der Waals surface area contributed by atoms with Crippen molar-refractivity contribution < 1.29 is 14.3 Å². The summed E-state index contributed by atoms with van der Waals surface area (Å²) >= 11 is 0. The van der Waals surface area contributed by atoms with Crippen molar-refractivity contribution in [2.45, 2.75) is 38.6 Å². The third-order valence-corrected chi connectivity index (χ3v) is 4.37. The molecular formula is C14H25N3O3. The number of hydrogen-bond acceptors (Lipinski definition) is 4. The number of hydrogen-bond donors (Lipinski definition) is 2. The molecule has 2 rings (SSSR count). The van der Waals surface area contributed by atoms with Gasteiger partial charge in [-0.25, -0.2) is 0 Å². The highest BCUT2D eigenvalue weighted by Gasteiger charge is 2.44. The fourth-order valence-electron chi connectivity index (χ4n) is 3.34. The molecule has 6 heteroatoms. The smallest absolute Gasteiger partial charge is 0.242 e. The van der Waals surface area contributed by atoms with E-state index in [0.717, 1.165) is 32.2 Å². The van der Waals surface area contributed by atoms with Crippen molar-refractivity contribution in [1.82, 2.24) is 10.2 Å². The average Bonchev–Trinajstić information content (AvgIpc) is 2.47. The number of nitrogens with one attached hydrogen (secondary N) is 1. The van der Waals surface area contributed by atoms with Crippen LogP contribution >= 0.6 is 0 Å². The summed E-state index contributed by atoms with van der Waals surface area (Å²) in [4.78, 5) is 26.2. The number of rotatable bonds is 4. The monoisotopic (exact) mass is 283 g/mol. The number of primary amides is 1. The molecule has 2 atom stereocenters. The number of nitrogens with zero attached hydrogens (tertiary/aromatic N) is 1. The van der Waals surface area contributed by atoms with Crippen LogP contribution in [0.1, 0.15) is 32.6 Å². The quantitative estimate of drug-likeness (QED) is 0.752. The molecule has 0 aliphatic carbocycles. The normalized spacial score (nSPS) is 31.1. The summed E-state index contributed by atoms with van der Waals surface area (Å²) in [6, 6.07) is -0.619. The molecule has 0 aromatic rings. The maximum absolute atomic E-state index is 13.0. The number of morpholine rings is 1. The summed E-state index contributed by atoms with van der Waals surface area (Å²) < 4.78 is 5.29. The first-order valence-electron chi connectivity index (χ1n) is 7.49. The SMILES string of the molecule is CCCC1(C(=O)N2CCOCC2C(N)=O)CCCNC1. The molecule has 0 aromatic heterocycles. The molecule has 2 aliphatic heterocycles. The molecule has 0 bridgehead atoms. The Morgan fingerprint density at radius 2 is 2.30 bits per heavy atom. The van der Waals surface area contributed by atoms with E-state index in [4.69, 9.17) is 10.5 Å². The average molecular weight is 283 g/mol. The zero-order chi connectivity index (χ0) is 14.6. The lowest BCUT2D eigenvalue weighted by atomic mass is 9.75. The molecule has 2 fully saturated rings. The molecule has 0 aromatic carbocycles. The van der Waals surface area contributed by atoms with Crippen LogP contribution in [0.2, 0.25) is 0 Å². The second-order valence-corrected chi connectivity index (χ2v) is 5.80. The Kier molecular flexibility index (Phi) is 4.99. The van der Waals surface area contributed by atoms with E-state index in [1.807, 2.05) is 0 Å². The van der Waals surface area contributed by atoms with E-state index in [1.54, 1.807) is 4.90 Å². The fourth-order valence-corrected chi connectivity index (χ4v) is 3.34. The molecule has 114 valence electrons. The standard InChI is InChI=1S/C14H25N3O3/c1-2-4-14(5-3-6-16-10-14)13(19)17-7-8-20-9-11(17)12(15)18/h11,16H,2-10H2,1H3,(H2,15,18). The van der Waals surface area contributed by atoms with Crippen LogP contribution < -0.4 is 11.1 Å². The van der Waals surface area contributed by atoms with Gasteiger partial charge in [0.15, 0.2) is 0 Å². The second-order valence-electron chi connectivity index (χ2n) is 5.80. The van der Waals surface area contributed by atoms with E-state index in [2.05, 4.69) is 12.2 Å². The van der Waals surface area contributed by atoms with Crippen molar-refractivity contribution in [3.8, 4) is 0 Å². The summed E-state index contributed by atoms with van der Waals surface area (Å²) in [5.74, 6) is -0.410. The Morgan fingerprint density at radius 1 is 1.50 bits per heavy atom. The highest BCUT2D eigenvalue weighted by Crippen LogP contribution is 2.34. The minimum Gasteiger partial charge on any atom is -0.377 e. The van der Waals surface area contributed by atoms with Crippen molar-refractivity contribution in [1.29, 1.82) is 0 Å². The highest BCUT2D eigenvalue weighted by molar-refractivity contribution is 5.90. The Balaban J connectivity index is 2.18. The van der Waals surface area contributed by atoms with Crippen molar-refractivity contribution in [2.75, 3.05) is 32.8 Å². The minimum atomic E-state index is -0.619.